The first-order chi connectivity index (χ1) is 8.08. The maximum atomic E-state index is 12.3. The molecule has 3 rings (SSSR count). The second-order valence-electron chi connectivity index (χ2n) is 5.88. The summed E-state index contributed by atoms with van der Waals surface area (Å²) in [7, 11) is 0. The minimum absolute atomic E-state index is 0.212. The Morgan fingerprint density at radius 1 is 1.41 bits per heavy atom. The fourth-order valence-electron chi connectivity index (χ4n) is 2.63. The maximum Gasteiger partial charge on any atom is 0.166 e. The van der Waals surface area contributed by atoms with E-state index in [1.165, 1.54) is 5.56 Å². The van der Waals surface area contributed by atoms with Crippen LogP contribution < -0.4 is 4.74 Å². The molecule has 1 aliphatic carbocycles. The normalized spacial score (nSPS) is 24.7. The Morgan fingerprint density at radius 3 is 2.88 bits per heavy atom. The molecule has 1 aromatic rings. The molecule has 2 aliphatic rings. The lowest BCUT2D eigenvalue weighted by Gasteiger charge is -2.17. The number of aryl methyl sites for hydroxylation is 1. The van der Waals surface area contributed by atoms with E-state index in [0.717, 1.165) is 37.2 Å². The van der Waals surface area contributed by atoms with Gasteiger partial charge in [0.1, 0.15) is 5.75 Å². The Morgan fingerprint density at radius 2 is 2.18 bits per heavy atom. The zero-order valence-electron chi connectivity index (χ0n) is 10.5. The van der Waals surface area contributed by atoms with Crippen molar-refractivity contribution >= 4 is 5.78 Å². The van der Waals surface area contributed by atoms with Crippen molar-refractivity contribution in [1.29, 1.82) is 0 Å². The third-order valence-corrected chi connectivity index (χ3v) is 4.02. The molecular formula is C15H18O2. The van der Waals surface area contributed by atoms with Gasteiger partial charge in [0.2, 0.25) is 0 Å². The van der Waals surface area contributed by atoms with E-state index in [2.05, 4.69) is 13.8 Å². The van der Waals surface area contributed by atoms with Gasteiger partial charge in [-0.15, -0.1) is 0 Å². The third kappa shape index (κ3) is 1.86. The van der Waals surface area contributed by atoms with Crippen molar-refractivity contribution in [2.75, 3.05) is 6.61 Å². The minimum Gasteiger partial charge on any atom is -0.493 e. The SMILES string of the molecule is CC1(C)CC1C(=O)c1ccc2c(c1)CCCO2. The lowest BCUT2D eigenvalue weighted by molar-refractivity contribution is 0.0953. The fourth-order valence-corrected chi connectivity index (χ4v) is 2.63. The summed E-state index contributed by atoms with van der Waals surface area (Å²) >= 11 is 0. The molecule has 1 aromatic carbocycles. The number of carbonyl (C=O) groups is 1. The molecule has 1 unspecified atom stereocenters. The van der Waals surface area contributed by atoms with Gasteiger partial charge >= 0.3 is 0 Å². The number of ether oxygens (including phenoxy) is 1. The lowest BCUT2D eigenvalue weighted by Crippen LogP contribution is -2.11. The summed E-state index contributed by atoms with van der Waals surface area (Å²) in [4.78, 5) is 12.3. The van der Waals surface area contributed by atoms with Crippen LogP contribution in [-0.2, 0) is 6.42 Å². The number of rotatable bonds is 2. The Kier molecular flexibility index (Phi) is 2.29. The standard InChI is InChI=1S/C15H18O2/c1-15(2)9-12(15)14(16)11-5-6-13-10(8-11)4-3-7-17-13/h5-6,8,12H,3-4,7,9H2,1-2H3. The van der Waals surface area contributed by atoms with Crippen molar-refractivity contribution in [3.05, 3.63) is 29.3 Å². The molecule has 0 saturated heterocycles. The van der Waals surface area contributed by atoms with Crippen molar-refractivity contribution in [2.24, 2.45) is 11.3 Å². The summed E-state index contributed by atoms with van der Waals surface area (Å²) in [6, 6.07) is 5.91. The molecule has 1 heterocycles. The van der Waals surface area contributed by atoms with Gasteiger partial charge < -0.3 is 4.74 Å². The molecule has 2 heteroatoms. The summed E-state index contributed by atoms with van der Waals surface area (Å²) in [5.41, 5.74) is 2.27. The minimum atomic E-state index is 0.212. The molecule has 1 saturated carbocycles. The summed E-state index contributed by atoms with van der Waals surface area (Å²) in [6.07, 6.45) is 3.11. The number of Topliss-reactive ketones (excluding diaryl/α,β-unsaturated/α-hetero) is 1. The van der Waals surface area contributed by atoms with E-state index in [1.54, 1.807) is 0 Å². The third-order valence-electron chi connectivity index (χ3n) is 4.02. The van der Waals surface area contributed by atoms with Crippen LogP contribution in [0.15, 0.2) is 18.2 Å². The summed E-state index contributed by atoms with van der Waals surface area (Å²) in [5, 5.41) is 0. The summed E-state index contributed by atoms with van der Waals surface area (Å²) < 4.78 is 5.56. The quantitative estimate of drug-likeness (QED) is 0.729. The smallest absolute Gasteiger partial charge is 0.166 e. The first-order valence-corrected chi connectivity index (χ1v) is 6.38. The second-order valence-corrected chi connectivity index (χ2v) is 5.88. The number of fused-ring (bicyclic) bond motifs is 1. The number of hydrogen-bond acceptors (Lipinski definition) is 2. The predicted octanol–water partition coefficient (Wildman–Crippen LogP) is 3.24. The van der Waals surface area contributed by atoms with Gasteiger partial charge in [-0.25, -0.2) is 0 Å². The van der Waals surface area contributed by atoms with E-state index in [9.17, 15) is 4.79 Å². The number of benzene rings is 1. The summed E-state index contributed by atoms with van der Waals surface area (Å²) in [5.74, 6) is 1.50. The molecule has 1 atom stereocenters. The second kappa shape index (κ2) is 3.59. The van der Waals surface area contributed by atoms with Crippen LogP contribution in [-0.4, -0.2) is 12.4 Å². The first-order valence-electron chi connectivity index (χ1n) is 6.38. The van der Waals surface area contributed by atoms with E-state index < -0.39 is 0 Å². The highest BCUT2D eigenvalue weighted by molar-refractivity contribution is 6.00. The van der Waals surface area contributed by atoms with Crippen LogP contribution in [0.25, 0.3) is 0 Å². The number of hydrogen-bond donors (Lipinski definition) is 0. The van der Waals surface area contributed by atoms with Gasteiger partial charge in [0.05, 0.1) is 6.61 Å². The van der Waals surface area contributed by atoms with Crippen LogP contribution >= 0.6 is 0 Å². The molecule has 0 radical (unpaired) electrons. The molecule has 0 spiro atoms. The number of carbonyl (C=O) groups excluding carboxylic acids is 1. The first kappa shape index (κ1) is 10.8. The van der Waals surface area contributed by atoms with Crippen molar-refractivity contribution < 1.29 is 9.53 Å². The topological polar surface area (TPSA) is 26.3 Å². The number of ketones is 1. The highest BCUT2D eigenvalue weighted by Gasteiger charge is 2.50. The molecule has 90 valence electrons. The lowest BCUT2D eigenvalue weighted by atomic mass is 9.97. The zero-order valence-corrected chi connectivity index (χ0v) is 10.5. The molecule has 1 fully saturated rings. The van der Waals surface area contributed by atoms with Crippen LogP contribution in [0.4, 0.5) is 0 Å². The molecular weight excluding hydrogens is 212 g/mol. The van der Waals surface area contributed by atoms with Gasteiger partial charge in [0.15, 0.2) is 5.78 Å². The van der Waals surface area contributed by atoms with Gasteiger partial charge in [-0.1, -0.05) is 13.8 Å². The molecule has 0 amide bonds. The molecule has 0 N–H and O–H groups in total. The largest absolute Gasteiger partial charge is 0.493 e. The average molecular weight is 230 g/mol. The Hall–Kier alpha value is -1.31. The highest BCUT2D eigenvalue weighted by Crippen LogP contribution is 2.53. The van der Waals surface area contributed by atoms with Crippen molar-refractivity contribution in [2.45, 2.75) is 33.1 Å². The zero-order chi connectivity index (χ0) is 12.0. The van der Waals surface area contributed by atoms with Crippen LogP contribution in [0.5, 0.6) is 5.75 Å². The monoisotopic (exact) mass is 230 g/mol. The van der Waals surface area contributed by atoms with Crippen molar-refractivity contribution in [1.82, 2.24) is 0 Å². The van der Waals surface area contributed by atoms with E-state index in [0.29, 0.717) is 5.78 Å². The maximum absolute atomic E-state index is 12.3. The van der Waals surface area contributed by atoms with E-state index >= 15 is 0 Å². The van der Waals surface area contributed by atoms with Gasteiger partial charge in [0, 0.05) is 11.5 Å². The van der Waals surface area contributed by atoms with Gasteiger partial charge in [-0.3, -0.25) is 4.79 Å². The molecule has 2 nitrogen and oxygen atoms in total. The molecule has 1 aliphatic heterocycles. The summed E-state index contributed by atoms with van der Waals surface area (Å²) in [6.45, 7) is 5.13. The highest BCUT2D eigenvalue weighted by atomic mass is 16.5. The molecule has 17 heavy (non-hydrogen) atoms. The predicted molar refractivity (Wildman–Crippen MR) is 66.5 cm³/mol. The fraction of sp³-hybridized carbons (Fsp3) is 0.533. The van der Waals surface area contributed by atoms with E-state index in [1.807, 2.05) is 18.2 Å². The van der Waals surface area contributed by atoms with Gasteiger partial charge in [-0.05, 0) is 48.4 Å². The van der Waals surface area contributed by atoms with Crippen LogP contribution in [0.3, 0.4) is 0 Å². The average Bonchev–Trinajstić information content (AvgIpc) is 2.97. The Bertz CT molecular complexity index is 474. The van der Waals surface area contributed by atoms with Crippen LogP contribution in [0.2, 0.25) is 0 Å². The van der Waals surface area contributed by atoms with E-state index in [4.69, 9.17) is 4.74 Å². The van der Waals surface area contributed by atoms with Gasteiger partial charge in [0.25, 0.3) is 0 Å². The van der Waals surface area contributed by atoms with Crippen molar-refractivity contribution in [3.63, 3.8) is 0 Å². The van der Waals surface area contributed by atoms with Crippen molar-refractivity contribution in [3.8, 4) is 5.75 Å². The van der Waals surface area contributed by atoms with Crippen LogP contribution in [0, 0.1) is 11.3 Å². The van der Waals surface area contributed by atoms with Crippen LogP contribution in [0.1, 0.15) is 42.6 Å². The Labute approximate surface area is 102 Å². The molecule has 0 bridgehead atoms. The van der Waals surface area contributed by atoms with Gasteiger partial charge in [-0.2, -0.15) is 0 Å². The Balaban J connectivity index is 1.87. The van der Waals surface area contributed by atoms with E-state index in [-0.39, 0.29) is 11.3 Å². The molecule has 0 aromatic heterocycles.